The number of hydrogen-bond donors (Lipinski definition) is 2. The minimum absolute atomic E-state index is 0.267. The Bertz CT molecular complexity index is 1170. The van der Waals surface area contributed by atoms with E-state index in [1.807, 2.05) is 18.2 Å². The first kappa shape index (κ1) is 19.5. The molecule has 0 aliphatic carbocycles. The van der Waals surface area contributed by atoms with Crippen LogP contribution in [0, 0.1) is 0 Å². The molecule has 0 atom stereocenters. The number of amides is 2. The second-order valence-corrected chi connectivity index (χ2v) is 9.35. The van der Waals surface area contributed by atoms with Gasteiger partial charge < -0.3 is 10.6 Å². The lowest BCUT2D eigenvalue weighted by molar-refractivity contribution is 0.262. The Kier molecular flexibility index (Phi) is 5.29. The number of fused-ring (bicyclic) bond motifs is 1. The van der Waals surface area contributed by atoms with Crippen LogP contribution < -0.4 is 14.9 Å². The van der Waals surface area contributed by atoms with Gasteiger partial charge in [-0.25, -0.2) is 13.2 Å². The number of halogens is 1. The molecule has 6 nitrogen and oxygen atoms in total. The molecule has 2 N–H and O–H groups in total. The summed E-state index contributed by atoms with van der Waals surface area (Å²) in [5.41, 5.74) is 2.80. The van der Waals surface area contributed by atoms with Crippen LogP contribution in [0.2, 0.25) is 0 Å². The SMILES string of the molecule is O=C(Nc1cccc(Br)c1)Nc1ccc2c(c1)CCN2S(=O)(=O)c1ccccc1. The minimum atomic E-state index is -3.60. The van der Waals surface area contributed by atoms with Gasteiger partial charge in [-0.2, -0.15) is 0 Å². The Balaban J connectivity index is 1.51. The maximum Gasteiger partial charge on any atom is 0.323 e. The zero-order valence-electron chi connectivity index (χ0n) is 15.3. The largest absolute Gasteiger partial charge is 0.323 e. The van der Waals surface area contributed by atoms with Crippen molar-refractivity contribution in [3.8, 4) is 0 Å². The van der Waals surface area contributed by atoms with Crippen LogP contribution in [0.3, 0.4) is 0 Å². The lowest BCUT2D eigenvalue weighted by Crippen LogP contribution is -2.29. The number of urea groups is 1. The third-order valence-corrected chi connectivity index (χ3v) is 6.92. The molecule has 0 radical (unpaired) electrons. The molecule has 148 valence electrons. The fourth-order valence-corrected chi connectivity index (χ4v) is 5.20. The molecule has 4 rings (SSSR count). The number of benzene rings is 3. The average Bonchev–Trinajstić information content (AvgIpc) is 3.12. The molecule has 0 bridgehead atoms. The summed E-state index contributed by atoms with van der Waals surface area (Å²) in [7, 11) is -3.60. The normalized spacial score (nSPS) is 13.1. The van der Waals surface area contributed by atoms with Crippen molar-refractivity contribution in [1.82, 2.24) is 0 Å². The molecule has 3 aromatic rings. The molecule has 2 amide bonds. The third-order valence-electron chi connectivity index (χ3n) is 4.60. The van der Waals surface area contributed by atoms with E-state index in [0.717, 1.165) is 10.0 Å². The number of hydrogen-bond acceptors (Lipinski definition) is 3. The Morgan fingerprint density at radius 1 is 0.897 bits per heavy atom. The number of sulfonamides is 1. The molecular formula is C21H18BrN3O3S. The Morgan fingerprint density at radius 2 is 1.62 bits per heavy atom. The molecule has 8 heteroatoms. The maximum atomic E-state index is 12.9. The van der Waals surface area contributed by atoms with Crippen molar-refractivity contribution in [1.29, 1.82) is 0 Å². The van der Waals surface area contributed by atoms with E-state index in [2.05, 4.69) is 26.6 Å². The van der Waals surface area contributed by atoms with Crippen LogP contribution >= 0.6 is 15.9 Å². The summed E-state index contributed by atoms with van der Waals surface area (Å²) in [6.45, 7) is 0.375. The Morgan fingerprint density at radius 3 is 2.34 bits per heavy atom. The molecule has 0 spiro atoms. The van der Waals surface area contributed by atoms with Crippen molar-refractivity contribution < 1.29 is 13.2 Å². The second-order valence-electron chi connectivity index (χ2n) is 6.57. The number of carbonyl (C=O) groups is 1. The van der Waals surface area contributed by atoms with E-state index in [0.29, 0.717) is 30.0 Å². The third kappa shape index (κ3) is 4.13. The van der Waals surface area contributed by atoms with Gasteiger partial charge in [-0.3, -0.25) is 4.31 Å². The zero-order valence-corrected chi connectivity index (χ0v) is 17.7. The topological polar surface area (TPSA) is 78.5 Å². The van der Waals surface area contributed by atoms with Gasteiger partial charge in [0.05, 0.1) is 10.6 Å². The number of carbonyl (C=O) groups excluding carboxylic acids is 1. The quantitative estimate of drug-likeness (QED) is 0.570. The summed E-state index contributed by atoms with van der Waals surface area (Å²) in [5.74, 6) is 0. The van der Waals surface area contributed by atoms with Gasteiger partial charge in [0, 0.05) is 22.4 Å². The smallest absolute Gasteiger partial charge is 0.308 e. The van der Waals surface area contributed by atoms with Crippen LogP contribution in [0.4, 0.5) is 21.9 Å². The highest BCUT2D eigenvalue weighted by Gasteiger charge is 2.30. The molecular weight excluding hydrogens is 454 g/mol. The van der Waals surface area contributed by atoms with Crippen molar-refractivity contribution in [2.75, 3.05) is 21.5 Å². The van der Waals surface area contributed by atoms with Crippen LogP contribution in [0.5, 0.6) is 0 Å². The number of rotatable bonds is 4. The van der Waals surface area contributed by atoms with E-state index in [1.165, 1.54) is 4.31 Å². The molecule has 0 fully saturated rings. The van der Waals surface area contributed by atoms with E-state index in [1.54, 1.807) is 54.6 Å². The van der Waals surface area contributed by atoms with Gasteiger partial charge in [0.25, 0.3) is 10.0 Å². The first-order valence-corrected chi connectivity index (χ1v) is 11.2. The van der Waals surface area contributed by atoms with Crippen molar-refractivity contribution in [2.45, 2.75) is 11.3 Å². The van der Waals surface area contributed by atoms with Crippen molar-refractivity contribution >= 4 is 49.0 Å². The highest BCUT2D eigenvalue weighted by Crippen LogP contribution is 2.34. The van der Waals surface area contributed by atoms with E-state index in [4.69, 9.17) is 0 Å². The predicted octanol–water partition coefficient (Wildman–Crippen LogP) is 4.84. The van der Waals surface area contributed by atoms with Gasteiger partial charge in [-0.05, 0) is 60.5 Å². The number of anilines is 3. The van der Waals surface area contributed by atoms with Gasteiger partial charge in [0.2, 0.25) is 0 Å². The van der Waals surface area contributed by atoms with Crippen molar-refractivity contribution in [2.24, 2.45) is 0 Å². The van der Waals surface area contributed by atoms with E-state index < -0.39 is 10.0 Å². The summed E-state index contributed by atoms with van der Waals surface area (Å²) >= 11 is 3.37. The van der Waals surface area contributed by atoms with E-state index >= 15 is 0 Å². The van der Waals surface area contributed by atoms with Crippen molar-refractivity contribution in [3.05, 3.63) is 82.8 Å². The van der Waals surface area contributed by atoms with Gasteiger partial charge in [0.1, 0.15) is 0 Å². The number of nitrogens with zero attached hydrogens (tertiary/aromatic N) is 1. The monoisotopic (exact) mass is 471 g/mol. The van der Waals surface area contributed by atoms with Crippen molar-refractivity contribution in [3.63, 3.8) is 0 Å². The number of nitrogens with one attached hydrogen (secondary N) is 2. The molecule has 0 aromatic heterocycles. The van der Waals surface area contributed by atoms with Crippen LogP contribution in [0.25, 0.3) is 0 Å². The van der Waals surface area contributed by atoms with Gasteiger partial charge >= 0.3 is 6.03 Å². The molecule has 3 aromatic carbocycles. The summed E-state index contributed by atoms with van der Waals surface area (Å²) in [5, 5.41) is 5.56. The lowest BCUT2D eigenvalue weighted by Gasteiger charge is -2.19. The summed E-state index contributed by atoms with van der Waals surface area (Å²) in [6.07, 6.45) is 0.587. The molecule has 0 unspecified atom stereocenters. The summed E-state index contributed by atoms with van der Waals surface area (Å²) < 4.78 is 28.2. The molecule has 1 heterocycles. The zero-order chi connectivity index (χ0) is 20.4. The van der Waals surface area contributed by atoms with E-state index in [9.17, 15) is 13.2 Å². The molecule has 1 aliphatic heterocycles. The summed E-state index contributed by atoms with van der Waals surface area (Å²) in [6, 6.07) is 20.6. The first-order valence-electron chi connectivity index (χ1n) is 8.98. The average molecular weight is 472 g/mol. The van der Waals surface area contributed by atoms with E-state index in [-0.39, 0.29) is 10.9 Å². The maximum absolute atomic E-state index is 12.9. The van der Waals surface area contributed by atoms with Crippen LogP contribution in [0.1, 0.15) is 5.56 Å². The van der Waals surface area contributed by atoms with Gasteiger partial charge in [0.15, 0.2) is 0 Å². The fraction of sp³-hybridized carbons (Fsp3) is 0.0952. The highest BCUT2D eigenvalue weighted by atomic mass is 79.9. The van der Waals surface area contributed by atoms with Crippen LogP contribution in [-0.4, -0.2) is 21.0 Å². The highest BCUT2D eigenvalue weighted by molar-refractivity contribution is 9.10. The van der Waals surface area contributed by atoms with Gasteiger partial charge in [-0.1, -0.05) is 40.2 Å². The minimum Gasteiger partial charge on any atom is -0.308 e. The standard InChI is InChI=1S/C21H18BrN3O3S/c22-16-5-4-6-17(14-16)23-21(26)24-18-9-10-20-15(13-18)11-12-25(20)29(27,28)19-7-2-1-3-8-19/h1-10,13-14H,11-12H2,(H2,23,24,26). The first-order chi connectivity index (χ1) is 13.9. The van der Waals surface area contributed by atoms with Crippen LogP contribution in [0.15, 0.2) is 82.2 Å². The van der Waals surface area contributed by atoms with Crippen LogP contribution in [-0.2, 0) is 16.4 Å². The molecule has 0 saturated carbocycles. The Labute approximate surface area is 177 Å². The second kappa shape index (κ2) is 7.88. The fourth-order valence-electron chi connectivity index (χ4n) is 3.28. The Hall–Kier alpha value is -2.84. The molecule has 0 saturated heterocycles. The molecule has 1 aliphatic rings. The van der Waals surface area contributed by atoms with Gasteiger partial charge in [-0.15, -0.1) is 0 Å². The predicted molar refractivity (Wildman–Crippen MR) is 118 cm³/mol. The lowest BCUT2D eigenvalue weighted by atomic mass is 10.1. The molecule has 29 heavy (non-hydrogen) atoms. The summed E-state index contributed by atoms with van der Waals surface area (Å²) in [4.78, 5) is 12.5.